The molecule has 0 radical (unpaired) electrons. The summed E-state index contributed by atoms with van der Waals surface area (Å²) in [6, 6.07) is 17.4. The molecule has 294 valence electrons. The van der Waals surface area contributed by atoms with Gasteiger partial charge in [-0.25, -0.2) is 9.59 Å². The Morgan fingerprint density at radius 1 is 0.782 bits per heavy atom. The number of hydrogen-bond acceptors (Lipinski definition) is 14. The fourth-order valence-electron chi connectivity index (χ4n) is 6.46. The third kappa shape index (κ3) is 11.0. The second-order valence-electron chi connectivity index (χ2n) is 13.1. The van der Waals surface area contributed by atoms with E-state index in [1.54, 1.807) is 25.1 Å². The van der Waals surface area contributed by atoms with Gasteiger partial charge in [-0.2, -0.15) is 0 Å². The quantitative estimate of drug-likeness (QED) is 0.180. The van der Waals surface area contributed by atoms with Crippen molar-refractivity contribution in [2.75, 3.05) is 30.5 Å². The van der Waals surface area contributed by atoms with Crippen LogP contribution in [0.4, 0.5) is 9.59 Å². The van der Waals surface area contributed by atoms with Crippen molar-refractivity contribution < 1.29 is 38.2 Å². The molecule has 55 heavy (non-hydrogen) atoms. The third-order valence-corrected chi connectivity index (χ3v) is 14.3. The highest BCUT2D eigenvalue weighted by molar-refractivity contribution is 8.01. The van der Waals surface area contributed by atoms with E-state index in [-0.39, 0.29) is 48.4 Å². The number of alkyl carbamates (subject to hydrolysis) is 2. The van der Waals surface area contributed by atoms with Crippen LogP contribution >= 0.6 is 47.0 Å². The van der Waals surface area contributed by atoms with E-state index in [1.165, 1.54) is 35.3 Å². The number of imide groups is 2. The Balaban J connectivity index is 0.976. The fraction of sp³-hybridized carbons (Fsp3) is 0.459. The number of benzene rings is 2. The summed E-state index contributed by atoms with van der Waals surface area (Å²) in [6.45, 7) is 3.70. The number of nitrogens with one attached hydrogen (secondary N) is 6. The highest BCUT2D eigenvalue weighted by Gasteiger charge is 2.39. The van der Waals surface area contributed by atoms with E-state index < -0.39 is 51.9 Å². The van der Waals surface area contributed by atoms with Gasteiger partial charge < -0.3 is 20.1 Å². The molecule has 0 aromatic heterocycles. The number of thioether (sulfide) groups is 4. The molecule has 4 aliphatic rings. The molecule has 3 fully saturated rings. The predicted molar refractivity (Wildman–Crippen MR) is 215 cm³/mol. The van der Waals surface area contributed by atoms with Crippen LogP contribution in [0.15, 0.2) is 66.2 Å². The minimum atomic E-state index is -0.924. The molecule has 14 nitrogen and oxygen atoms in total. The standard InChI is InChI=1S/C37H44N6O8S4/c1-3-50-36(48)43-31(46)26-17-24(55-34(26)40-29(44)23-11-9-22(10-12-23)27-18-53-20(2)38-27)13-15-51-37(49)42-30(45)25-14-16-52-33(25)41-32(47)35-39-28(19-54-35)21-7-5-4-6-8-21/h4-12,17,20,24-25,27-28,33-35,38-39H,3,13-16,18-19H2,1-2H3,(H,40,44)(H,41,47)(H,42,45,49)(H,43,46,48). The van der Waals surface area contributed by atoms with Gasteiger partial charge in [0, 0.05) is 40.0 Å². The number of hydrogen-bond donors (Lipinski definition) is 6. The van der Waals surface area contributed by atoms with E-state index >= 15 is 0 Å². The number of ether oxygens (including phenoxy) is 2. The third-order valence-electron chi connectivity index (χ3n) is 9.29. The molecular formula is C37H44N6O8S4. The zero-order valence-electron chi connectivity index (χ0n) is 30.2. The molecule has 0 bridgehead atoms. The number of rotatable bonds is 12. The van der Waals surface area contributed by atoms with Crippen LogP contribution in [0.1, 0.15) is 60.3 Å². The minimum absolute atomic E-state index is 0.0498. The van der Waals surface area contributed by atoms with Gasteiger partial charge in [-0.05, 0) is 55.7 Å². The first-order chi connectivity index (χ1) is 26.6. The lowest BCUT2D eigenvalue weighted by Gasteiger charge is -2.21. The molecule has 0 aliphatic carbocycles. The summed E-state index contributed by atoms with van der Waals surface area (Å²) < 4.78 is 10.2. The van der Waals surface area contributed by atoms with E-state index in [4.69, 9.17) is 9.47 Å². The van der Waals surface area contributed by atoms with Gasteiger partial charge in [0.25, 0.3) is 11.8 Å². The van der Waals surface area contributed by atoms with Gasteiger partial charge in [0.1, 0.15) is 10.7 Å². The van der Waals surface area contributed by atoms with Crippen molar-refractivity contribution in [3.05, 3.63) is 82.9 Å². The maximum Gasteiger partial charge on any atom is 0.414 e. The van der Waals surface area contributed by atoms with Crippen LogP contribution in [0.2, 0.25) is 0 Å². The predicted octanol–water partition coefficient (Wildman–Crippen LogP) is 4.02. The topological polar surface area (TPSA) is 193 Å². The summed E-state index contributed by atoms with van der Waals surface area (Å²) in [5.41, 5.74) is 2.75. The molecular weight excluding hydrogens is 785 g/mol. The van der Waals surface area contributed by atoms with Gasteiger partial charge in [0.05, 0.1) is 29.9 Å². The van der Waals surface area contributed by atoms with E-state index in [2.05, 4.69) is 38.8 Å². The average Bonchev–Trinajstić information content (AvgIpc) is 4.00. The summed E-state index contributed by atoms with van der Waals surface area (Å²) in [5, 5.41) is 15.4. The Labute approximate surface area is 336 Å². The van der Waals surface area contributed by atoms with E-state index in [0.717, 1.165) is 22.6 Å². The Morgan fingerprint density at radius 3 is 2.22 bits per heavy atom. The summed E-state index contributed by atoms with van der Waals surface area (Å²) in [5.74, 6) is -0.149. The van der Waals surface area contributed by atoms with Crippen molar-refractivity contribution in [1.82, 2.24) is 31.9 Å². The largest absolute Gasteiger partial charge is 0.450 e. The number of carbonyl (C=O) groups is 6. The van der Waals surface area contributed by atoms with Crippen LogP contribution in [-0.4, -0.2) is 93.0 Å². The van der Waals surface area contributed by atoms with Crippen molar-refractivity contribution in [3.8, 4) is 0 Å². The van der Waals surface area contributed by atoms with Gasteiger partial charge in [0.2, 0.25) is 11.8 Å². The Morgan fingerprint density at radius 2 is 1.49 bits per heavy atom. The van der Waals surface area contributed by atoms with E-state index in [1.807, 2.05) is 54.2 Å². The van der Waals surface area contributed by atoms with Crippen molar-refractivity contribution >= 4 is 82.9 Å². The maximum atomic E-state index is 13.3. The van der Waals surface area contributed by atoms with Gasteiger partial charge >= 0.3 is 12.2 Å². The molecule has 6 amide bonds. The van der Waals surface area contributed by atoms with Crippen LogP contribution in [0.5, 0.6) is 0 Å². The van der Waals surface area contributed by atoms with Gasteiger partial charge in [-0.3, -0.25) is 40.4 Å². The van der Waals surface area contributed by atoms with Gasteiger partial charge in [-0.1, -0.05) is 48.5 Å². The fourth-order valence-corrected chi connectivity index (χ4v) is 11.3. The van der Waals surface area contributed by atoms with E-state index in [0.29, 0.717) is 23.1 Å². The first kappa shape index (κ1) is 41.0. The second kappa shape index (κ2) is 19.5. The summed E-state index contributed by atoms with van der Waals surface area (Å²) in [4.78, 5) is 77.3. The Hall–Kier alpha value is -3.68. The zero-order valence-corrected chi connectivity index (χ0v) is 33.5. The number of amides is 6. The molecule has 8 atom stereocenters. The minimum Gasteiger partial charge on any atom is -0.450 e. The molecule has 6 N–H and O–H groups in total. The Kier molecular flexibility index (Phi) is 14.5. The summed E-state index contributed by atoms with van der Waals surface area (Å²) in [7, 11) is 0. The second-order valence-corrected chi connectivity index (χ2v) is 18.2. The SMILES string of the molecule is CCOC(=O)NC(=O)C1=CC(CCOC(=O)NC(=O)C2CCSC2NC(=O)C2NC(c3ccccc3)CS2)SC1NC(=O)c1ccc(C2CSC(C)N2)cc1. The monoisotopic (exact) mass is 828 g/mol. The maximum absolute atomic E-state index is 13.3. The summed E-state index contributed by atoms with van der Waals surface area (Å²) in [6.07, 6.45) is 0.524. The molecule has 4 heterocycles. The molecule has 3 saturated heterocycles. The molecule has 18 heteroatoms. The van der Waals surface area contributed by atoms with Crippen LogP contribution in [0.3, 0.4) is 0 Å². The molecule has 0 spiro atoms. The average molecular weight is 829 g/mol. The van der Waals surface area contributed by atoms with Crippen molar-refractivity contribution in [2.45, 2.75) is 65.5 Å². The molecule has 2 aromatic rings. The lowest BCUT2D eigenvalue weighted by atomic mass is 10.1. The normalized spacial score (nSPS) is 27.1. The first-order valence-electron chi connectivity index (χ1n) is 18.0. The molecule has 6 rings (SSSR count). The van der Waals surface area contributed by atoms with Crippen LogP contribution < -0.4 is 31.9 Å². The molecule has 8 unspecified atom stereocenters. The van der Waals surface area contributed by atoms with Crippen LogP contribution in [0, 0.1) is 5.92 Å². The van der Waals surface area contributed by atoms with Crippen LogP contribution in [0.25, 0.3) is 0 Å². The zero-order chi connectivity index (χ0) is 38.9. The Bertz CT molecular complexity index is 1770. The lowest BCUT2D eigenvalue weighted by molar-refractivity contribution is -0.125. The van der Waals surface area contributed by atoms with Gasteiger partial charge in [0.15, 0.2) is 0 Å². The molecule has 2 aromatic carbocycles. The molecule has 0 saturated carbocycles. The summed E-state index contributed by atoms with van der Waals surface area (Å²) >= 11 is 6.05. The van der Waals surface area contributed by atoms with Crippen molar-refractivity contribution in [3.63, 3.8) is 0 Å². The van der Waals surface area contributed by atoms with Crippen molar-refractivity contribution in [2.24, 2.45) is 5.92 Å². The van der Waals surface area contributed by atoms with Crippen LogP contribution in [-0.2, 0) is 23.9 Å². The smallest absolute Gasteiger partial charge is 0.414 e. The van der Waals surface area contributed by atoms with Crippen molar-refractivity contribution in [1.29, 1.82) is 0 Å². The van der Waals surface area contributed by atoms with E-state index in [9.17, 15) is 28.8 Å². The van der Waals surface area contributed by atoms with Gasteiger partial charge in [-0.15, -0.1) is 47.0 Å². The number of carbonyl (C=O) groups excluding carboxylic acids is 6. The molecule has 4 aliphatic heterocycles. The highest BCUT2D eigenvalue weighted by atomic mass is 32.2. The lowest BCUT2D eigenvalue weighted by Crippen LogP contribution is -2.48. The highest BCUT2D eigenvalue weighted by Crippen LogP contribution is 2.35. The first-order valence-corrected chi connectivity index (χ1v) is 22.1.